The van der Waals surface area contributed by atoms with Crippen molar-refractivity contribution in [2.24, 2.45) is 7.05 Å². The number of fused-ring (bicyclic) bond motifs is 3. The molecule has 0 spiro atoms. The van der Waals surface area contributed by atoms with Crippen LogP contribution in [-0.2, 0) is 24.6 Å². The van der Waals surface area contributed by atoms with Crippen molar-refractivity contribution in [3.63, 3.8) is 0 Å². The van der Waals surface area contributed by atoms with Crippen LogP contribution in [0, 0.1) is 0 Å². The van der Waals surface area contributed by atoms with E-state index in [1.54, 1.807) is 20.2 Å². The molecular weight excluding hydrogens is 300 g/mol. The van der Waals surface area contributed by atoms with E-state index < -0.39 is 11.9 Å². The Balaban J connectivity index is 2.32. The summed E-state index contributed by atoms with van der Waals surface area (Å²) in [6.45, 7) is 1.85. The van der Waals surface area contributed by atoms with Crippen molar-refractivity contribution in [2.45, 2.75) is 19.8 Å². The van der Waals surface area contributed by atoms with E-state index in [1.807, 2.05) is 0 Å². The largest absolute Gasteiger partial charge is 0.477 e. The maximum Gasteiger partial charge on any atom is 0.353 e. The molecule has 1 aliphatic rings. The van der Waals surface area contributed by atoms with Gasteiger partial charge in [0.05, 0.1) is 23.6 Å². The first-order chi connectivity index (χ1) is 11.0. The number of rotatable bonds is 3. The Bertz CT molecular complexity index is 825. The van der Waals surface area contributed by atoms with Gasteiger partial charge in [0.1, 0.15) is 5.69 Å². The number of esters is 1. The van der Waals surface area contributed by atoms with Gasteiger partial charge < -0.3 is 20.1 Å². The zero-order valence-corrected chi connectivity index (χ0v) is 12.8. The van der Waals surface area contributed by atoms with E-state index >= 15 is 0 Å². The van der Waals surface area contributed by atoms with E-state index in [0.29, 0.717) is 29.8 Å². The molecule has 8 nitrogen and oxygen atoms in total. The Morgan fingerprint density at radius 2 is 2.17 bits per heavy atom. The van der Waals surface area contributed by atoms with Gasteiger partial charge in [-0.15, -0.1) is 0 Å². The monoisotopic (exact) mass is 316 g/mol. The second-order valence-corrected chi connectivity index (χ2v) is 5.24. The number of nitrogens with two attached hydrogens (primary N) is 1. The molecule has 0 saturated heterocycles. The van der Waals surface area contributed by atoms with Gasteiger partial charge in [-0.05, 0) is 30.9 Å². The summed E-state index contributed by atoms with van der Waals surface area (Å²) >= 11 is 0. The van der Waals surface area contributed by atoms with Crippen LogP contribution >= 0.6 is 0 Å². The normalized spacial score (nSPS) is 12.4. The number of aromatic nitrogens is 3. The van der Waals surface area contributed by atoms with Gasteiger partial charge in [0.2, 0.25) is 5.95 Å². The average molecular weight is 316 g/mol. The van der Waals surface area contributed by atoms with Gasteiger partial charge in [-0.2, -0.15) is 0 Å². The molecule has 8 heteroatoms. The lowest BCUT2D eigenvalue weighted by atomic mass is 9.92. The van der Waals surface area contributed by atoms with Crippen molar-refractivity contribution in [2.75, 3.05) is 12.3 Å². The molecule has 3 N–H and O–H groups in total. The Labute approximate surface area is 131 Å². The van der Waals surface area contributed by atoms with Gasteiger partial charge in [-0.25, -0.2) is 19.6 Å². The Morgan fingerprint density at radius 3 is 2.83 bits per heavy atom. The molecular formula is C15H16N4O4. The lowest BCUT2D eigenvalue weighted by molar-refractivity contribution is 0.0512. The third-order valence-electron chi connectivity index (χ3n) is 3.93. The Hall–Kier alpha value is -2.90. The molecule has 23 heavy (non-hydrogen) atoms. The highest BCUT2D eigenvalue weighted by molar-refractivity contribution is 6.05. The standard InChI is InChI=1S/C15H16N4O4/c1-3-23-14(22)9-8-5-4-7-6-17-15(16)18-10(7)11(8)19(2)12(9)13(20)21/h6H,3-5H2,1-2H3,(H,20,21)(H2,16,17,18). The maximum atomic E-state index is 12.3. The third-order valence-corrected chi connectivity index (χ3v) is 3.93. The summed E-state index contributed by atoms with van der Waals surface area (Å²) in [4.78, 5) is 32.1. The van der Waals surface area contributed by atoms with Crippen LogP contribution in [-0.4, -0.2) is 38.2 Å². The van der Waals surface area contributed by atoms with Gasteiger partial charge in [0, 0.05) is 13.2 Å². The predicted octanol–water partition coefficient (Wildman–Crippen LogP) is 1.04. The number of hydrogen-bond acceptors (Lipinski definition) is 6. The fourth-order valence-corrected chi connectivity index (χ4v) is 3.03. The number of nitrogen functional groups attached to an aromatic ring is 1. The molecule has 120 valence electrons. The van der Waals surface area contributed by atoms with Gasteiger partial charge in [0.15, 0.2) is 0 Å². The first-order valence-electron chi connectivity index (χ1n) is 7.19. The molecule has 1 aliphatic carbocycles. The van der Waals surface area contributed by atoms with Gasteiger partial charge >= 0.3 is 11.9 Å². The molecule has 0 aromatic carbocycles. The topological polar surface area (TPSA) is 120 Å². The van der Waals surface area contributed by atoms with E-state index in [2.05, 4.69) is 9.97 Å². The summed E-state index contributed by atoms with van der Waals surface area (Å²) in [5.74, 6) is -1.71. The molecule has 0 unspecified atom stereocenters. The van der Waals surface area contributed by atoms with E-state index in [0.717, 1.165) is 5.56 Å². The number of ether oxygens (including phenoxy) is 1. The molecule has 0 bridgehead atoms. The molecule has 0 saturated carbocycles. The van der Waals surface area contributed by atoms with Gasteiger partial charge in [-0.1, -0.05) is 0 Å². The summed E-state index contributed by atoms with van der Waals surface area (Å²) in [5.41, 5.74) is 8.32. The SMILES string of the molecule is CCOC(=O)c1c2c(n(C)c1C(=O)O)-c1nc(N)ncc1CC2. The van der Waals surface area contributed by atoms with Crippen LogP contribution in [0.3, 0.4) is 0 Å². The number of aryl methyl sites for hydroxylation is 1. The highest BCUT2D eigenvalue weighted by atomic mass is 16.5. The molecule has 0 atom stereocenters. The van der Waals surface area contributed by atoms with Crippen LogP contribution < -0.4 is 5.73 Å². The highest BCUT2D eigenvalue weighted by Crippen LogP contribution is 2.37. The number of hydrogen-bond donors (Lipinski definition) is 2. The zero-order valence-electron chi connectivity index (χ0n) is 12.8. The highest BCUT2D eigenvalue weighted by Gasteiger charge is 2.34. The summed E-state index contributed by atoms with van der Waals surface area (Å²) in [7, 11) is 1.60. The van der Waals surface area contributed by atoms with Crippen LogP contribution in [0.25, 0.3) is 11.4 Å². The number of carbonyl (C=O) groups is 2. The summed E-state index contributed by atoms with van der Waals surface area (Å²) < 4.78 is 6.50. The van der Waals surface area contributed by atoms with Crippen LogP contribution in [0.4, 0.5) is 5.95 Å². The molecule has 2 aromatic rings. The maximum absolute atomic E-state index is 12.3. The lowest BCUT2D eigenvalue weighted by Gasteiger charge is -2.17. The fraction of sp³-hybridized carbons (Fsp3) is 0.333. The van der Waals surface area contributed by atoms with Crippen molar-refractivity contribution < 1.29 is 19.4 Å². The molecule has 2 aromatic heterocycles. The van der Waals surface area contributed by atoms with E-state index in [9.17, 15) is 14.7 Å². The van der Waals surface area contributed by atoms with Crippen LogP contribution in [0.1, 0.15) is 38.9 Å². The lowest BCUT2D eigenvalue weighted by Crippen LogP contribution is -2.14. The molecule has 0 fully saturated rings. The minimum Gasteiger partial charge on any atom is -0.477 e. The number of nitrogens with zero attached hydrogens (tertiary/aromatic N) is 3. The van der Waals surface area contributed by atoms with Crippen molar-refractivity contribution in [3.05, 3.63) is 28.6 Å². The van der Waals surface area contributed by atoms with E-state index in [1.165, 1.54) is 4.57 Å². The Morgan fingerprint density at radius 1 is 1.43 bits per heavy atom. The van der Waals surface area contributed by atoms with Crippen LogP contribution in [0.15, 0.2) is 6.20 Å². The van der Waals surface area contributed by atoms with E-state index in [-0.39, 0.29) is 23.8 Å². The van der Waals surface area contributed by atoms with Gasteiger partial charge in [0.25, 0.3) is 0 Å². The zero-order chi connectivity index (χ0) is 16.7. The predicted molar refractivity (Wildman–Crippen MR) is 81.2 cm³/mol. The number of aromatic carboxylic acids is 1. The number of carboxylic acids is 1. The number of anilines is 1. The van der Waals surface area contributed by atoms with Crippen molar-refractivity contribution in [3.8, 4) is 11.4 Å². The fourth-order valence-electron chi connectivity index (χ4n) is 3.03. The second kappa shape index (κ2) is 5.38. The third kappa shape index (κ3) is 2.23. The minimum absolute atomic E-state index is 0.0969. The van der Waals surface area contributed by atoms with Crippen LogP contribution in [0.5, 0.6) is 0 Å². The average Bonchev–Trinajstić information content (AvgIpc) is 2.81. The molecule has 3 rings (SSSR count). The van der Waals surface area contributed by atoms with E-state index in [4.69, 9.17) is 10.5 Å². The summed E-state index contributed by atoms with van der Waals surface area (Å²) in [6.07, 6.45) is 2.76. The first kappa shape index (κ1) is 15.0. The quantitative estimate of drug-likeness (QED) is 0.811. The Kier molecular flexibility index (Phi) is 3.51. The molecule has 0 radical (unpaired) electrons. The molecule has 0 amide bonds. The summed E-state index contributed by atoms with van der Waals surface area (Å²) in [6, 6.07) is 0. The smallest absolute Gasteiger partial charge is 0.353 e. The number of carboxylic acid groups (broad SMARTS) is 1. The van der Waals surface area contributed by atoms with Gasteiger partial charge in [-0.3, -0.25) is 0 Å². The summed E-state index contributed by atoms with van der Waals surface area (Å²) in [5, 5.41) is 9.53. The van der Waals surface area contributed by atoms with Crippen molar-refractivity contribution in [1.82, 2.24) is 14.5 Å². The van der Waals surface area contributed by atoms with Crippen LogP contribution in [0.2, 0.25) is 0 Å². The first-order valence-corrected chi connectivity index (χ1v) is 7.19. The molecule has 2 heterocycles. The second-order valence-electron chi connectivity index (χ2n) is 5.24. The molecule has 0 aliphatic heterocycles. The minimum atomic E-state index is -1.19. The van der Waals surface area contributed by atoms with Crippen molar-refractivity contribution in [1.29, 1.82) is 0 Å². The number of carbonyl (C=O) groups excluding carboxylic acids is 1. The van der Waals surface area contributed by atoms with Crippen molar-refractivity contribution >= 4 is 17.9 Å².